The maximum absolute atomic E-state index is 15.9. The normalized spacial score (nSPS) is 18.2. The molecule has 1 aromatic carbocycles. The molecule has 3 heterocycles. The fourth-order valence-electron chi connectivity index (χ4n) is 4.25. The number of allylic oxidation sites excluding steroid dienone is 2. The fraction of sp³-hybridized carbons (Fsp3) is 0.211. The van der Waals surface area contributed by atoms with Gasteiger partial charge in [0.15, 0.2) is 5.70 Å². The Kier molecular flexibility index (Phi) is 5.08. The van der Waals surface area contributed by atoms with Crippen LogP contribution in [0.1, 0.15) is 36.4 Å². The summed E-state index contributed by atoms with van der Waals surface area (Å²) in [5.41, 5.74) is 4.95. The van der Waals surface area contributed by atoms with E-state index >= 15 is 8.63 Å². The molecule has 0 radical (unpaired) electrons. The van der Waals surface area contributed by atoms with Gasteiger partial charge in [-0.15, -0.1) is 0 Å². The molecular weight excluding hydrogens is 630 g/mol. The third-order valence-corrected chi connectivity index (χ3v) is 9.33. The van der Waals surface area contributed by atoms with Gasteiger partial charge >= 0.3 is 6.97 Å². The smallest absolute Gasteiger partial charge is 0.392 e. The number of fused-ring (bicyclic) bond motifs is 2. The highest BCUT2D eigenvalue weighted by Gasteiger charge is 2.57. The molecule has 2 aliphatic heterocycles. The summed E-state index contributed by atoms with van der Waals surface area (Å²) in [7, 11) is 0. The molecule has 0 atom stereocenters. The zero-order chi connectivity index (χ0) is 20.7. The van der Waals surface area contributed by atoms with Crippen molar-refractivity contribution in [3.05, 3.63) is 69.2 Å². The SMILES string of the molecule is CC1=C(I)C(C)=[N+]2C1=C(c1c(Cl)cccc1Cl)c1c(C)c(I)c(C)n1[B-]2(F)F. The zero-order valence-corrected chi connectivity index (χ0v) is 21.3. The third-order valence-electron chi connectivity index (χ3n) is 5.52. The second kappa shape index (κ2) is 6.82. The molecule has 4 rings (SSSR count). The minimum atomic E-state index is -4.05. The third kappa shape index (κ3) is 2.58. The van der Waals surface area contributed by atoms with Crippen molar-refractivity contribution in [2.24, 2.45) is 0 Å². The van der Waals surface area contributed by atoms with E-state index in [1.54, 1.807) is 32.0 Å². The quantitative estimate of drug-likeness (QED) is 0.229. The van der Waals surface area contributed by atoms with Crippen LogP contribution in [0.15, 0.2) is 33.0 Å². The molecule has 0 saturated heterocycles. The lowest BCUT2D eigenvalue weighted by Crippen LogP contribution is -2.51. The predicted octanol–water partition coefficient (Wildman–Crippen LogP) is 7.21. The molecule has 2 aromatic rings. The van der Waals surface area contributed by atoms with E-state index in [-0.39, 0.29) is 0 Å². The van der Waals surface area contributed by atoms with Gasteiger partial charge in [-0.2, -0.15) is 0 Å². The lowest BCUT2D eigenvalue weighted by molar-refractivity contribution is -0.363. The van der Waals surface area contributed by atoms with Gasteiger partial charge < -0.3 is 17.6 Å². The topological polar surface area (TPSA) is 7.94 Å². The molecule has 2 nitrogen and oxygen atoms in total. The molecule has 28 heavy (non-hydrogen) atoms. The summed E-state index contributed by atoms with van der Waals surface area (Å²) in [6, 6.07) is 5.25. The van der Waals surface area contributed by atoms with Crippen LogP contribution in [-0.4, -0.2) is 21.6 Å². The van der Waals surface area contributed by atoms with E-state index < -0.39 is 6.97 Å². The number of aromatic nitrogens is 1. The van der Waals surface area contributed by atoms with Crippen LogP contribution in [0.5, 0.6) is 0 Å². The van der Waals surface area contributed by atoms with Gasteiger partial charge in [-0.25, -0.2) is 0 Å². The summed E-state index contributed by atoms with van der Waals surface area (Å²) >= 11 is 17.4. The Hall–Kier alpha value is -0.385. The molecule has 0 unspecified atom stereocenters. The Morgan fingerprint density at radius 1 is 1.04 bits per heavy atom. The Bertz CT molecular complexity index is 1160. The summed E-state index contributed by atoms with van der Waals surface area (Å²) in [5.74, 6) is 0. The Balaban J connectivity index is 2.30. The summed E-state index contributed by atoms with van der Waals surface area (Å²) in [6.45, 7) is 3.19. The second-order valence-electron chi connectivity index (χ2n) is 7.05. The summed E-state index contributed by atoms with van der Waals surface area (Å²) in [4.78, 5) is 0. The molecule has 0 N–H and O–H groups in total. The molecule has 146 valence electrons. The molecule has 0 saturated carbocycles. The van der Waals surface area contributed by atoms with Crippen LogP contribution in [-0.2, 0) is 0 Å². The Labute approximate surface area is 199 Å². The largest absolute Gasteiger partial charge is 0.737 e. The molecule has 1 aromatic heterocycles. The van der Waals surface area contributed by atoms with Gasteiger partial charge in [0, 0.05) is 27.3 Å². The molecular formula is C19H15BCl2F2I2N2. The number of hydrogen-bond acceptors (Lipinski definition) is 0. The van der Waals surface area contributed by atoms with E-state index in [1.165, 1.54) is 8.96 Å². The lowest BCUT2D eigenvalue weighted by atomic mass is 9.84. The van der Waals surface area contributed by atoms with Crippen molar-refractivity contribution in [2.45, 2.75) is 27.7 Å². The summed E-state index contributed by atoms with van der Waals surface area (Å²) < 4.78 is 35.8. The molecule has 0 fully saturated rings. The van der Waals surface area contributed by atoms with E-state index in [4.69, 9.17) is 23.2 Å². The van der Waals surface area contributed by atoms with Crippen LogP contribution in [0.3, 0.4) is 0 Å². The van der Waals surface area contributed by atoms with Crippen LogP contribution in [0.25, 0.3) is 5.57 Å². The highest BCUT2D eigenvalue weighted by molar-refractivity contribution is 14.1. The van der Waals surface area contributed by atoms with E-state index in [1.807, 2.05) is 13.8 Å². The first-order valence-electron chi connectivity index (χ1n) is 8.60. The Morgan fingerprint density at radius 2 is 1.61 bits per heavy atom. The monoisotopic (exact) mass is 644 g/mol. The first kappa shape index (κ1) is 20.9. The first-order valence-corrected chi connectivity index (χ1v) is 11.5. The minimum Gasteiger partial charge on any atom is -0.392 e. The van der Waals surface area contributed by atoms with Gasteiger partial charge in [0.2, 0.25) is 0 Å². The van der Waals surface area contributed by atoms with E-state index in [0.29, 0.717) is 44.0 Å². The van der Waals surface area contributed by atoms with Crippen molar-refractivity contribution in [1.82, 2.24) is 4.48 Å². The van der Waals surface area contributed by atoms with E-state index in [9.17, 15) is 0 Å². The predicted molar refractivity (Wildman–Crippen MR) is 130 cm³/mol. The Morgan fingerprint density at radius 3 is 2.18 bits per heavy atom. The molecule has 0 spiro atoms. The number of benzene rings is 1. The van der Waals surface area contributed by atoms with Gasteiger partial charge in [-0.3, -0.25) is 0 Å². The van der Waals surface area contributed by atoms with Crippen LogP contribution in [0.4, 0.5) is 8.63 Å². The molecule has 9 heteroatoms. The average Bonchev–Trinajstić information content (AvgIpc) is 2.99. The maximum atomic E-state index is 15.9. The van der Waals surface area contributed by atoms with Crippen molar-refractivity contribution in [3.8, 4) is 0 Å². The molecule has 0 aliphatic carbocycles. The van der Waals surface area contributed by atoms with Crippen molar-refractivity contribution in [2.75, 3.05) is 0 Å². The molecule has 0 amide bonds. The van der Waals surface area contributed by atoms with Gasteiger partial charge in [0.1, 0.15) is 5.71 Å². The van der Waals surface area contributed by atoms with Crippen molar-refractivity contribution in [3.63, 3.8) is 0 Å². The standard InChI is InChI=1S/C19H15BCl2F2I2N2/c1-8-16(25)10(3)27-18(8)15(14-12(21)6-5-7-13(14)22)19-9(2)17(26)11(4)28(19)20(27,23)24/h5-7H,1-4H3. The van der Waals surface area contributed by atoms with Gasteiger partial charge in [0.05, 0.1) is 19.2 Å². The van der Waals surface area contributed by atoms with Crippen molar-refractivity contribution >= 4 is 86.6 Å². The molecule has 2 aliphatic rings. The lowest BCUT2D eigenvalue weighted by Gasteiger charge is -2.34. The van der Waals surface area contributed by atoms with Gasteiger partial charge in [-0.05, 0) is 89.3 Å². The van der Waals surface area contributed by atoms with Crippen molar-refractivity contribution < 1.29 is 13.1 Å². The number of hydrogen-bond donors (Lipinski definition) is 0. The fourth-order valence-corrected chi connectivity index (χ4v) is 5.87. The van der Waals surface area contributed by atoms with Crippen LogP contribution < -0.4 is 0 Å². The van der Waals surface area contributed by atoms with Crippen LogP contribution in [0, 0.1) is 17.4 Å². The number of nitrogens with zero attached hydrogens (tertiary/aromatic N) is 2. The van der Waals surface area contributed by atoms with E-state index in [2.05, 4.69) is 45.2 Å². The van der Waals surface area contributed by atoms with Crippen molar-refractivity contribution in [1.29, 1.82) is 0 Å². The highest BCUT2D eigenvalue weighted by Crippen LogP contribution is 2.49. The summed E-state index contributed by atoms with van der Waals surface area (Å²) in [5, 5.41) is 0.889. The highest BCUT2D eigenvalue weighted by atomic mass is 127. The minimum absolute atomic E-state index is 0.444. The number of rotatable bonds is 1. The summed E-state index contributed by atoms with van der Waals surface area (Å²) in [6.07, 6.45) is 0. The van der Waals surface area contributed by atoms with Crippen LogP contribution in [0.2, 0.25) is 10.0 Å². The van der Waals surface area contributed by atoms with E-state index in [0.717, 1.165) is 18.3 Å². The molecule has 0 bridgehead atoms. The second-order valence-corrected chi connectivity index (χ2v) is 10.0. The first-order chi connectivity index (χ1) is 13.0. The van der Waals surface area contributed by atoms with Gasteiger partial charge in [0.25, 0.3) is 0 Å². The number of halogens is 6. The zero-order valence-electron chi connectivity index (χ0n) is 15.5. The maximum Gasteiger partial charge on any atom is 0.737 e. The average molecular weight is 645 g/mol. The van der Waals surface area contributed by atoms with Gasteiger partial charge in [-0.1, -0.05) is 29.3 Å². The van der Waals surface area contributed by atoms with Crippen LogP contribution >= 0.6 is 68.4 Å².